The van der Waals surface area contributed by atoms with E-state index >= 15 is 0 Å². The molecule has 146 valence electrons. The Kier molecular flexibility index (Phi) is 5.68. The Morgan fingerprint density at radius 1 is 1.14 bits per heavy atom. The van der Waals surface area contributed by atoms with Gasteiger partial charge in [-0.05, 0) is 43.3 Å². The third-order valence-electron chi connectivity index (χ3n) is 3.57. The fourth-order valence-electron chi connectivity index (χ4n) is 2.35. The van der Waals surface area contributed by atoms with Crippen molar-refractivity contribution in [1.82, 2.24) is 14.8 Å². The van der Waals surface area contributed by atoms with Gasteiger partial charge in [-0.2, -0.15) is 13.2 Å². The van der Waals surface area contributed by atoms with Crippen molar-refractivity contribution in [2.75, 3.05) is 11.1 Å². The second-order valence-corrected chi connectivity index (χ2v) is 6.74. The predicted octanol–water partition coefficient (Wildman–Crippen LogP) is 4.62. The SMILES string of the molecule is Cc1nc(C(=O)Nc2ccccc2SCC(F)(F)F)nn1-c1ccc(F)cc1. The van der Waals surface area contributed by atoms with Crippen molar-refractivity contribution in [2.45, 2.75) is 18.0 Å². The second-order valence-electron chi connectivity index (χ2n) is 5.72. The molecule has 0 aliphatic heterocycles. The first-order chi connectivity index (χ1) is 13.2. The Morgan fingerprint density at radius 3 is 2.50 bits per heavy atom. The molecule has 0 unspecified atom stereocenters. The van der Waals surface area contributed by atoms with Crippen molar-refractivity contribution < 1.29 is 22.4 Å². The first-order valence-electron chi connectivity index (χ1n) is 8.02. The van der Waals surface area contributed by atoms with Crippen LogP contribution in [0, 0.1) is 12.7 Å². The van der Waals surface area contributed by atoms with Gasteiger partial charge in [0, 0.05) is 4.90 Å². The summed E-state index contributed by atoms with van der Waals surface area (Å²) in [4.78, 5) is 16.8. The van der Waals surface area contributed by atoms with E-state index in [1.807, 2.05) is 0 Å². The summed E-state index contributed by atoms with van der Waals surface area (Å²) in [5, 5.41) is 6.64. The van der Waals surface area contributed by atoms with Gasteiger partial charge < -0.3 is 5.32 Å². The number of carbonyl (C=O) groups excluding carboxylic acids is 1. The zero-order valence-electron chi connectivity index (χ0n) is 14.5. The lowest BCUT2D eigenvalue weighted by Crippen LogP contribution is -2.15. The monoisotopic (exact) mass is 410 g/mol. The van der Waals surface area contributed by atoms with Crippen LogP contribution in [0.4, 0.5) is 23.2 Å². The number of nitrogens with zero attached hydrogens (tertiary/aromatic N) is 3. The highest BCUT2D eigenvalue weighted by atomic mass is 32.2. The molecule has 1 aromatic heterocycles. The number of carbonyl (C=O) groups is 1. The number of rotatable bonds is 5. The molecule has 1 amide bonds. The van der Waals surface area contributed by atoms with Crippen LogP contribution in [0.25, 0.3) is 5.69 Å². The lowest BCUT2D eigenvalue weighted by molar-refractivity contribution is -0.105. The molecule has 0 radical (unpaired) electrons. The summed E-state index contributed by atoms with van der Waals surface area (Å²) in [6, 6.07) is 11.7. The Morgan fingerprint density at radius 2 is 1.82 bits per heavy atom. The number of para-hydroxylation sites is 1. The van der Waals surface area contributed by atoms with E-state index in [1.165, 1.54) is 41.1 Å². The average molecular weight is 410 g/mol. The van der Waals surface area contributed by atoms with Crippen LogP contribution >= 0.6 is 11.8 Å². The van der Waals surface area contributed by atoms with Crippen molar-refractivity contribution in [3.63, 3.8) is 0 Å². The number of hydrogen-bond acceptors (Lipinski definition) is 4. The predicted molar refractivity (Wildman–Crippen MR) is 97.2 cm³/mol. The molecule has 0 saturated heterocycles. The van der Waals surface area contributed by atoms with Crippen LogP contribution in [-0.2, 0) is 0 Å². The molecule has 5 nitrogen and oxygen atoms in total. The van der Waals surface area contributed by atoms with Gasteiger partial charge in [0.05, 0.1) is 17.1 Å². The molecule has 0 spiro atoms. The van der Waals surface area contributed by atoms with Gasteiger partial charge >= 0.3 is 6.18 Å². The third-order valence-corrected chi connectivity index (χ3v) is 4.71. The van der Waals surface area contributed by atoms with Crippen LogP contribution in [0.5, 0.6) is 0 Å². The molecule has 3 aromatic rings. The molecular formula is C18H14F4N4OS. The summed E-state index contributed by atoms with van der Waals surface area (Å²) in [7, 11) is 0. The largest absolute Gasteiger partial charge is 0.398 e. The average Bonchev–Trinajstić information content (AvgIpc) is 3.03. The highest BCUT2D eigenvalue weighted by Gasteiger charge is 2.28. The summed E-state index contributed by atoms with van der Waals surface area (Å²) < 4.78 is 51.9. The van der Waals surface area contributed by atoms with Crippen molar-refractivity contribution in [3.8, 4) is 5.69 Å². The Balaban J connectivity index is 1.79. The van der Waals surface area contributed by atoms with Gasteiger partial charge in [-0.1, -0.05) is 12.1 Å². The summed E-state index contributed by atoms with van der Waals surface area (Å²) in [6.45, 7) is 1.63. The summed E-state index contributed by atoms with van der Waals surface area (Å²) in [5.41, 5.74) is 0.754. The molecular weight excluding hydrogens is 396 g/mol. The fraction of sp³-hybridized carbons (Fsp3) is 0.167. The molecule has 0 atom stereocenters. The van der Waals surface area contributed by atoms with Gasteiger partial charge in [0.1, 0.15) is 11.6 Å². The highest BCUT2D eigenvalue weighted by Crippen LogP contribution is 2.32. The van der Waals surface area contributed by atoms with E-state index in [0.29, 0.717) is 23.3 Å². The Labute approximate surface area is 161 Å². The Hall–Kier alpha value is -2.88. The van der Waals surface area contributed by atoms with E-state index in [4.69, 9.17) is 0 Å². The number of alkyl halides is 3. The van der Waals surface area contributed by atoms with Crippen LogP contribution in [0.3, 0.4) is 0 Å². The minimum atomic E-state index is -4.33. The maximum absolute atomic E-state index is 13.1. The summed E-state index contributed by atoms with van der Waals surface area (Å²) in [6.07, 6.45) is -4.33. The summed E-state index contributed by atoms with van der Waals surface area (Å²) >= 11 is 0.576. The number of benzene rings is 2. The minimum Gasteiger partial charge on any atom is -0.318 e. The van der Waals surface area contributed by atoms with Crippen molar-refractivity contribution in [2.24, 2.45) is 0 Å². The normalized spacial score (nSPS) is 11.5. The van der Waals surface area contributed by atoms with E-state index in [-0.39, 0.29) is 16.4 Å². The number of halogens is 4. The van der Waals surface area contributed by atoms with Gasteiger partial charge in [0.2, 0.25) is 5.82 Å². The molecule has 10 heteroatoms. The quantitative estimate of drug-likeness (QED) is 0.493. The molecule has 1 heterocycles. The van der Waals surface area contributed by atoms with Crippen LogP contribution < -0.4 is 5.32 Å². The molecule has 0 aliphatic carbocycles. The van der Waals surface area contributed by atoms with Crippen LogP contribution in [0.15, 0.2) is 53.4 Å². The van der Waals surface area contributed by atoms with Crippen LogP contribution in [0.1, 0.15) is 16.4 Å². The topological polar surface area (TPSA) is 59.8 Å². The van der Waals surface area contributed by atoms with Crippen LogP contribution in [-0.4, -0.2) is 32.6 Å². The van der Waals surface area contributed by atoms with E-state index in [2.05, 4.69) is 15.4 Å². The number of anilines is 1. The van der Waals surface area contributed by atoms with Gasteiger partial charge in [0.25, 0.3) is 5.91 Å². The number of nitrogens with one attached hydrogen (secondary N) is 1. The zero-order chi connectivity index (χ0) is 20.3. The van der Waals surface area contributed by atoms with Gasteiger partial charge in [-0.25, -0.2) is 14.1 Å². The number of hydrogen-bond donors (Lipinski definition) is 1. The lowest BCUT2D eigenvalue weighted by atomic mass is 10.3. The molecule has 0 saturated carbocycles. The van der Waals surface area contributed by atoms with E-state index in [1.54, 1.807) is 19.1 Å². The number of amides is 1. The first kappa shape index (κ1) is 19.9. The molecule has 0 aliphatic rings. The maximum Gasteiger partial charge on any atom is 0.398 e. The lowest BCUT2D eigenvalue weighted by Gasteiger charge is -2.11. The fourth-order valence-corrected chi connectivity index (χ4v) is 3.12. The summed E-state index contributed by atoms with van der Waals surface area (Å²) in [5.74, 6) is -1.90. The van der Waals surface area contributed by atoms with Gasteiger partial charge in [0.15, 0.2) is 0 Å². The standard InChI is InChI=1S/C18H14F4N4OS/c1-11-23-16(25-26(11)13-8-6-12(19)7-9-13)17(27)24-14-4-2-3-5-15(14)28-10-18(20,21)22/h2-9H,10H2,1H3,(H,24,27). The highest BCUT2D eigenvalue weighted by molar-refractivity contribution is 7.99. The molecule has 3 rings (SSSR count). The minimum absolute atomic E-state index is 0.155. The molecule has 1 N–H and O–H groups in total. The van der Waals surface area contributed by atoms with Crippen LogP contribution in [0.2, 0.25) is 0 Å². The molecule has 2 aromatic carbocycles. The van der Waals surface area contributed by atoms with E-state index in [0.717, 1.165) is 0 Å². The van der Waals surface area contributed by atoms with Crippen molar-refractivity contribution in [1.29, 1.82) is 0 Å². The van der Waals surface area contributed by atoms with Crippen molar-refractivity contribution >= 4 is 23.4 Å². The smallest absolute Gasteiger partial charge is 0.318 e. The molecule has 0 bridgehead atoms. The number of aryl methyl sites for hydroxylation is 1. The maximum atomic E-state index is 13.1. The Bertz CT molecular complexity index is 986. The molecule has 0 fully saturated rings. The van der Waals surface area contributed by atoms with E-state index in [9.17, 15) is 22.4 Å². The van der Waals surface area contributed by atoms with Gasteiger partial charge in [-0.15, -0.1) is 16.9 Å². The second kappa shape index (κ2) is 8.01. The van der Waals surface area contributed by atoms with Gasteiger partial charge in [-0.3, -0.25) is 4.79 Å². The van der Waals surface area contributed by atoms with E-state index < -0.39 is 23.7 Å². The molecule has 28 heavy (non-hydrogen) atoms. The number of thioether (sulfide) groups is 1. The zero-order valence-corrected chi connectivity index (χ0v) is 15.3. The number of aromatic nitrogens is 3. The third kappa shape index (κ3) is 4.89. The van der Waals surface area contributed by atoms with Crippen molar-refractivity contribution in [3.05, 3.63) is 66.0 Å². The first-order valence-corrected chi connectivity index (χ1v) is 9.01.